The lowest BCUT2D eigenvalue weighted by Crippen LogP contribution is -2.47. The average molecular weight is 368 g/mol. The number of carbonyl (C=O) groups is 1. The van der Waals surface area contributed by atoms with Gasteiger partial charge in [0.2, 0.25) is 5.91 Å². The number of benzene rings is 2. The van der Waals surface area contributed by atoms with Crippen LogP contribution in [0.3, 0.4) is 0 Å². The van der Waals surface area contributed by atoms with E-state index in [4.69, 9.17) is 17.3 Å². The zero-order chi connectivity index (χ0) is 18.1. The molecule has 4 rings (SSSR count). The first kappa shape index (κ1) is 17.0. The first-order valence-electron chi connectivity index (χ1n) is 8.93. The molecular weight excluding hydrogens is 346 g/mol. The molecule has 1 saturated heterocycles. The fourth-order valence-corrected chi connectivity index (χ4v) is 4.10. The Labute approximate surface area is 158 Å². The van der Waals surface area contributed by atoms with Crippen LogP contribution in [0.25, 0.3) is 10.9 Å². The van der Waals surface area contributed by atoms with Crippen molar-refractivity contribution in [1.82, 2.24) is 4.68 Å². The van der Waals surface area contributed by atoms with Crippen molar-refractivity contribution in [1.29, 1.82) is 0 Å². The molecule has 2 aromatic carbocycles. The topological polar surface area (TPSA) is 51.3 Å². The van der Waals surface area contributed by atoms with Gasteiger partial charge >= 0.3 is 0 Å². The van der Waals surface area contributed by atoms with E-state index in [9.17, 15) is 4.79 Å². The zero-order valence-electron chi connectivity index (χ0n) is 14.6. The Balaban J connectivity index is 1.49. The highest BCUT2D eigenvalue weighted by atomic mass is 35.5. The lowest BCUT2D eigenvalue weighted by atomic mass is 9.89. The number of alkyl halides is 1. The van der Waals surface area contributed by atoms with Crippen molar-refractivity contribution in [2.24, 2.45) is 5.73 Å². The van der Waals surface area contributed by atoms with Crippen molar-refractivity contribution in [2.75, 3.05) is 18.1 Å². The number of amides is 1. The molecule has 3 aromatic rings. The van der Waals surface area contributed by atoms with Gasteiger partial charge in [0.05, 0.1) is 10.4 Å². The summed E-state index contributed by atoms with van der Waals surface area (Å²) in [5.41, 5.74) is 8.29. The van der Waals surface area contributed by atoms with Gasteiger partial charge in [0, 0.05) is 30.2 Å². The summed E-state index contributed by atoms with van der Waals surface area (Å²) in [5.74, 6) is -0.398. The number of hydrogen-bond acceptors (Lipinski definition) is 2. The van der Waals surface area contributed by atoms with E-state index in [-0.39, 0.29) is 4.87 Å². The van der Waals surface area contributed by atoms with E-state index in [0.717, 1.165) is 43.3 Å². The molecule has 1 aromatic heterocycles. The van der Waals surface area contributed by atoms with Crippen LogP contribution in [0.1, 0.15) is 28.8 Å². The van der Waals surface area contributed by atoms with E-state index in [0.29, 0.717) is 5.56 Å². The molecule has 1 amide bonds. The Kier molecular flexibility index (Phi) is 4.37. The number of fused-ring (bicyclic) bond motifs is 1. The van der Waals surface area contributed by atoms with Gasteiger partial charge in [-0.3, -0.25) is 9.47 Å². The number of piperidine rings is 1. The van der Waals surface area contributed by atoms with Crippen molar-refractivity contribution in [3.05, 3.63) is 71.9 Å². The molecule has 0 atom stereocenters. The predicted molar refractivity (Wildman–Crippen MR) is 106 cm³/mol. The normalized spacial score (nSPS) is 16.7. The molecule has 134 valence electrons. The third-order valence-electron chi connectivity index (χ3n) is 5.26. The van der Waals surface area contributed by atoms with Crippen LogP contribution in [-0.2, 0) is 6.42 Å². The molecule has 2 heterocycles. The van der Waals surface area contributed by atoms with Gasteiger partial charge in [-0.1, -0.05) is 30.3 Å². The molecule has 0 saturated carbocycles. The largest absolute Gasteiger partial charge is 0.366 e. The molecule has 0 bridgehead atoms. The van der Waals surface area contributed by atoms with Gasteiger partial charge in [-0.15, -0.1) is 11.6 Å². The smallest absolute Gasteiger partial charge is 0.248 e. The quantitative estimate of drug-likeness (QED) is 0.715. The Hall–Kier alpha value is -2.46. The van der Waals surface area contributed by atoms with Crippen molar-refractivity contribution in [3.63, 3.8) is 0 Å². The summed E-state index contributed by atoms with van der Waals surface area (Å²) in [4.78, 5) is 11.2. The van der Waals surface area contributed by atoms with E-state index in [1.165, 1.54) is 5.56 Å². The highest BCUT2D eigenvalue weighted by molar-refractivity contribution is 6.24. The molecule has 0 aliphatic carbocycles. The predicted octanol–water partition coefficient (Wildman–Crippen LogP) is 3.69. The molecule has 1 fully saturated rings. The van der Waals surface area contributed by atoms with Crippen LogP contribution in [0.4, 0.5) is 0 Å². The second-order valence-electron chi connectivity index (χ2n) is 7.07. The van der Waals surface area contributed by atoms with Crippen LogP contribution in [0, 0.1) is 0 Å². The number of aromatic nitrogens is 1. The van der Waals surface area contributed by atoms with Gasteiger partial charge < -0.3 is 10.7 Å². The van der Waals surface area contributed by atoms with E-state index < -0.39 is 5.91 Å². The molecule has 0 radical (unpaired) electrons. The maximum Gasteiger partial charge on any atom is 0.248 e. The molecule has 26 heavy (non-hydrogen) atoms. The maximum absolute atomic E-state index is 11.4. The lowest BCUT2D eigenvalue weighted by Gasteiger charge is -2.39. The number of rotatable bonds is 4. The van der Waals surface area contributed by atoms with E-state index in [1.807, 2.05) is 30.5 Å². The monoisotopic (exact) mass is 367 g/mol. The van der Waals surface area contributed by atoms with Crippen LogP contribution in [0.2, 0.25) is 0 Å². The minimum atomic E-state index is -0.398. The summed E-state index contributed by atoms with van der Waals surface area (Å²) in [6.07, 6.45) is 4.82. The van der Waals surface area contributed by atoms with Gasteiger partial charge in [-0.05, 0) is 49.1 Å². The van der Waals surface area contributed by atoms with Crippen molar-refractivity contribution in [3.8, 4) is 0 Å². The summed E-state index contributed by atoms with van der Waals surface area (Å²) < 4.78 is 2.17. The standard InChI is InChI=1S/C21H22ClN3O/c22-21(15-16-4-2-1-3-5-16)9-12-24(13-10-21)25-11-8-17-14-18(20(23)26)6-7-19(17)25/h1-8,11,14H,9-10,12-13,15H2,(H2,23,26). The average Bonchev–Trinajstić information content (AvgIpc) is 3.06. The highest BCUT2D eigenvalue weighted by Gasteiger charge is 2.33. The molecular formula is C21H22ClN3O. The van der Waals surface area contributed by atoms with Crippen LogP contribution in [0.5, 0.6) is 0 Å². The Bertz CT molecular complexity index is 927. The summed E-state index contributed by atoms with van der Waals surface area (Å²) in [7, 11) is 0. The second kappa shape index (κ2) is 6.69. The maximum atomic E-state index is 11.4. The Morgan fingerprint density at radius 3 is 2.50 bits per heavy atom. The zero-order valence-corrected chi connectivity index (χ0v) is 15.3. The first-order valence-corrected chi connectivity index (χ1v) is 9.31. The molecule has 2 N–H and O–H groups in total. The molecule has 5 heteroatoms. The molecule has 4 nitrogen and oxygen atoms in total. The molecule has 0 spiro atoms. The highest BCUT2D eigenvalue weighted by Crippen LogP contribution is 2.33. The van der Waals surface area contributed by atoms with Gasteiger partial charge in [-0.2, -0.15) is 0 Å². The molecule has 0 unspecified atom stereocenters. The van der Waals surface area contributed by atoms with E-state index in [1.54, 1.807) is 6.07 Å². The minimum absolute atomic E-state index is 0.181. The van der Waals surface area contributed by atoms with Crippen LogP contribution in [-0.4, -0.2) is 28.5 Å². The second-order valence-corrected chi connectivity index (χ2v) is 7.87. The number of nitrogens with zero attached hydrogens (tertiary/aromatic N) is 2. The SMILES string of the molecule is NC(=O)c1ccc2c(ccn2N2CCC(Cl)(Cc3ccccc3)CC2)c1. The number of halogens is 1. The van der Waals surface area contributed by atoms with Crippen molar-refractivity contribution in [2.45, 2.75) is 24.1 Å². The summed E-state index contributed by atoms with van der Waals surface area (Å²) in [6.45, 7) is 1.80. The van der Waals surface area contributed by atoms with E-state index in [2.05, 4.69) is 34.0 Å². The summed E-state index contributed by atoms with van der Waals surface area (Å²) >= 11 is 6.92. The van der Waals surface area contributed by atoms with Crippen LogP contribution < -0.4 is 10.7 Å². The lowest BCUT2D eigenvalue weighted by molar-refractivity contribution is 0.100. The van der Waals surface area contributed by atoms with Gasteiger partial charge in [0.15, 0.2) is 0 Å². The third-order valence-corrected chi connectivity index (χ3v) is 5.77. The Morgan fingerprint density at radius 1 is 1.08 bits per heavy atom. The molecule has 1 aliphatic heterocycles. The summed E-state index contributed by atoms with van der Waals surface area (Å²) in [5, 5.41) is 3.34. The number of hydrogen-bond donors (Lipinski definition) is 1. The van der Waals surface area contributed by atoms with E-state index >= 15 is 0 Å². The van der Waals surface area contributed by atoms with Gasteiger partial charge in [-0.25, -0.2) is 0 Å². The van der Waals surface area contributed by atoms with Crippen molar-refractivity contribution < 1.29 is 4.79 Å². The van der Waals surface area contributed by atoms with Gasteiger partial charge in [0.1, 0.15) is 0 Å². The number of primary amides is 1. The number of nitrogens with two attached hydrogens (primary N) is 1. The summed E-state index contributed by atoms with van der Waals surface area (Å²) in [6, 6.07) is 18.1. The van der Waals surface area contributed by atoms with Crippen LogP contribution >= 0.6 is 11.6 Å². The number of carbonyl (C=O) groups excluding carboxylic acids is 1. The minimum Gasteiger partial charge on any atom is -0.366 e. The third kappa shape index (κ3) is 3.29. The van der Waals surface area contributed by atoms with Gasteiger partial charge in [0.25, 0.3) is 0 Å². The van der Waals surface area contributed by atoms with Crippen molar-refractivity contribution >= 4 is 28.4 Å². The fraction of sp³-hybridized carbons (Fsp3) is 0.286. The fourth-order valence-electron chi connectivity index (χ4n) is 3.78. The Morgan fingerprint density at radius 2 is 1.81 bits per heavy atom. The molecule has 1 aliphatic rings. The van der Waals surface area contributed by atoms with Crippen LogP contribution in [0.15, 0.2) is 60.8 Å². The first-order chi connectivity index (χ1) is 12.5.